The molecule has 4 nitrogen and oxygen atoms in total. The fourth-order valence-corrected chi connectivity index (χ4v) is 3.08. The highest BCUT2D eigenvalue weighted by Gasteiger charge is 2.47. The highest BCUT2D eigenvalue weighted by atomic mass is 19.1. The Hall–Kier alpha value is -2.79. The van der Waals surface area contributed by atoms with Crippen molar-refractivity contribution in [1.29, 1.82) is 0 Å². The number of rotatable bonds is 5. The largest absolute Gasteiger partial charge is 0.478 e. The predicted molar refractivity (Wildman–Crippen MR) is 102 cm³/mol. The van der Waals surface area contributed by atoms with E-state index in [2.05, 4.69) is 0 Å². The third-order valence-electron chi connectivity index (χ3n) is 4.65. The van der Waals surface area contributed by atoms with E-state index in [4.69, 9.17) is 5.11 Å². The highest BCUT2D eigenvalue weighted by molar-refractivity contribution is 5.94. The number of ketones is 1. The van der Waals surface area contributed by atoms with Gasteiger partial charge in [-0.05, 0) is 47.9 Å². The van der Waals surface area contributed by atoms with Crippen molar-refractivity contribution in [2.75, 3.05) is 0 Å². The van der Waals surface area contributed by atoms with Crippen molar-refractivity contribution in [2.24, 2.45) is 5.41 Å². The molecule has 0 saturated carbocycles. The number of carbonyl (C=O) groups is 2. The molecule has 0 aromatic heterocycles. The molecule has 142 valence electrons. The summed E-state index contributed by atoms with van der Waals surface area (Å²) in [7, 11) is 0. The van der Waals surface area contributed by atoms with Crippen LogP contribution in [0, 0.1) is 11.2 Å². The lowest BCUT2D eigenvalue weighted by molar-refractivity contribution is -0.131. The zero-order valence-corrected chi connectivity index (χ0v) is 15.6. The average molecular weight is 370 g/mol. The summed E-state index contributed by atoms with van der Waals surface area (Å²) in [5.41, 5.74) is -0.872. The predicted octanol–water partition coefficient (Wildman–Crippen LogP) is 4.08. The van der Waals surface area contributed by atoms with Gasteiger partial charge in [-0.15, -0.1) is 0 Å². The van der Waals surface area contributed by atoms with Crippen molar-refractivity contribution in [3.63, 3.8) is 0 Å². The van der Waals surface area contributed by atoms with E-state index >= 15 is 0 Å². The van der Waals surface area contributed by atoms with Crippen LogP contribution in [-0.2, 0) is 9.59 Å². The second kappa shape index (κ2) is 7.84. The first kappa shape index (κ1) is 20.5. The first-order valence-corrected chi connectivity index (χ1v) is 8.55. The summed E-state index contributed by atoms with van der Waals surface area (Å²) >= 11 is 0. The number of carboxylic acid groups (broad SMARTS) is 1. The number of hydrogen-bond acceptors (Lipinski definition) is 3. The fraction of sp³-hybridized carbons (Fsp3) is 0.273. The van der Waals surface area contributed by atoms with E-state index < -0.39 is 17.0 Å². The molecule has 5 heteroatoms. The standard InChI is InChI=1S/C22H23FO4/c1-15(11-20(25)26)9-10-22(27)17(13-19(24)14-21(22,2)3)8-7-16-5-4-6-18(23)12-16/h4-13,27H,14H2,1-3H3,(H,25,26)/b8-7+,10-9+,15-11-/t22-/m1/s1. The van der Waals surface area contributed by atoms with Gasteiger partial charge in [0.2, 0.25) is 0 Å². The maximum absolute atomic E-state index is 13.4. The summed E-state index contributed by atoms with van der Waals surface area (Å²) in [5, 5.41) is 20.2. The van der Waals surface area contributed by atoms with Crippen LogP contribution in [0.2, 0.25) is 0 Å². The monoisotopic (exact) mass is 370 g/mol. The van der Waals surface area contributed by atoms with Crippen molar-refractivity contribution >= 4 is 17.8 Å². The van der Waals surface area contributed by atoms with Crippen molar-refractivity contribution in [1.82, 2.24) is 0 Å². The maximum atomic E-state index is 13.4. The number of aliphatic hydroxyl groups is 1. The fourth-order valence-electron chi connectivity index (χ4n) is 3.08. The molecule has 0 heterocycles. The van der Waals surface area contributed by atoms with Crippen molar-refractivity contribution < 1.29 is 24.2 Å². The Labute approximate surface area is 158 Å². The molecule has 0 saturated heterocycles. The minimum absolute atomic E-state index is 0.116. The zero-order valence-electron chi connectivity index (χ0n) is 15.6. The number of halogens is 1. The smallest absolute Gasteiger partial charge is 0.328 e. The Balaban J connectivity index is 2.46. The molecule has 0 radical (unpaired) electrons. The molecule has 2 N–H and O–H groups in total. The molecule has 1 aromatic carbocycles. The van der Waals surface area contributed by atoms with Gasteiger partial charge in [0.1, 0.15) is 11.4 Å². The van der Waals surface area contributed by atoms with E-state index in [9.17, 15) is 19.1 Å². The third kappa shape index (κ3) is 4.89. The van der Waals surface area contributed by atoms with E-state index in [1.54, 1.807) is 45.1 Å². The lowest BCUT2D eigenvalue weighted by Crippen LogP contribution is -2.48. The van der Waals surface area contributed by atoms with Gasteiger partial charge < -0.3 is 10.2 Å². The van der Waals surface area contributed by atoms with E-state index in [-0.39, 0.29) is 18.0 Å². The molecule has 1 atom stereocenters. The number of carboxylic acids is 1. The lowest BCUT2D eigenvalue weighted by atomic mass is 9.64. The molecule has 0 amide bonds. The molecule has 0 fully saturated rings. The molecule has 0 bridgehead atoms. The van der Waals surface area contributed by atoms with Crippen LogP contribution in [0.3, 0.4) is 0 Å². The highest BCUT2D eigenvalue weighted by Crippen LogP contribution is 2.45. The van der Waals surface area contributed by atoms with Gasteiger partial charge in [-0.3, -0.25) is 4.79 Å². The number of benzene rings is 1. The quantitative estimate of drug-likeness (QED) is 0.605. The van der Waals surface area contributed by atoms with E-state index in [0.717, 1.165) is 6.08 Å². The Bertz CT molecular complexity index is 874. The molecule has 2 rings (SSSR count). The molecule has 27 heavy (non-hydrogen) atoms. The average Bonchev–Trinajstić information content (AvgIpc) is 2.54. The maximum Gasteiger partial charge on any atom is 0.328 e. The minimum Gasteiger partial charge on any atom is -0.478 e. The molecular weight excluding hydrogens is 347 g/mol. The van der Waals surface area contributed by atoms with Crippen molar-refractivity contribution in [3.05, 3.63) is 77.2 Å². The Morgan fingerprint density at radius 2 is 1.96 bits per heavy atom. The second-order valence-corrected chi connectivity index (χ2v) is 7.34. The van der Waals surface area contributed by atoms with Crippen LogP contribution in [0.5, 0.6) is 0 Å². The minimum atomic E-state index is -1.49. The van der Waals surface area contributed by atoms with Crippen LogP contribution in [0.15, 0.2) is 65.8 Å². The van der Waals surface area contributed by atoms with Gasteiger partial charge in [0, 0.05) is 17.9 Å². The SMILES string of the molecule is CC(=C/C(=O)O)/C=C/[C@@]1(O)C(/C=C/c2cccc(F)c2)=CC(=O)CC1(C)C. The van der Waals surface area contributed by atoms with Crippen LogP contribution in [0.4, 0.5) is 4.39 Å². The third-order valence-corrected chi connectivity index (χ3v) is 4.65. The molecule has 1 aromatic rings. The Kier molecular flexibility index (Phi) is 5.96. The zero-order chi connectivity index (χ0) is 20.2. The summed E-state index contributed by atoms with van der Waals surface area (Å²) < 4.78 is 13.4. The van der Waals surface area contributed by atoms with Crippen molar-refractivity contribution in [2.45, 2.75) is 32.8 Å². The van der Waals surface area contributed by atoms with Crippen LogP contribution >= 0.6 is 0 Å². The number of allylic oxidation sites excluding steroid dienone is 3. The van der Waals surface area contributed by atoms with Crippen LogP contribution < -0.4 is 0 Å². The molecule has 0 spiro atoms. The van der Waals surface area contributed by atoms with Gasteiger partial charge >= 0.3 is 5.97 Å². The molecule has 1 aliphatic rings. The second-order valence-electron chi connectivity index (χ2n) is 7.34. The Morgan fingerprint density at radius 3 is 2.59 bits per heavy atom. The summed E-state index contributed by atoms with van der Waals surface area (Å²) in [6.45, 7) is 5.16. The summed E-state index contributed by atoms with van der Waals surface area (Å²) in [6.07, 6.45) is 8.81. The van der Waals surface area contributed by atoms with Gasteiger partial charge in [-0.25, -0.2) is 9.18 Å². The first-order chi connectivity index (χ1) is 12.5. The number of carbonyl (C=O) groups excluding carboxylic acids is 1. The number of aliphatic carboxylic acids is 1. The normalized spacial score (nSPS) is 23.1. The topological polar surface area (TPSA) is 74.6 Å². The van der Waals surface area contributed by atoms with E-state index in [1.165, 1.54) is 30.4 Å². The molecule has 0 aliphatic heterocycles. The lowest BCUT2D eigenvalue weighted by Gasteiger charge is -2.44. The van der Waals surface area contributed by atoms with Crippen molar-refractivity contribution in [3.8, 4) is 0 Å². The summed E-state index contributed by atoms with van der Waals surface area (Å²) in [4.78, 5) is 22.9. The Morgan fingerprint density at radius 1 is 1.26 bits per heavy atom. The summed E-state index contributed by atoms with van der Waals surface area (Å²) in [6, 6.07) is 5.97. The van der Waals surface area contributed by atoms with Gasteiger partial charge in [0.25, 0.3) is 0 Å². The van der Waals surface area contributed by atoms with E-state index in [1.807, 2.05) is 0 Å². The van der Waals surface area contributed by atoms with Crippen LogP contribution in [0.1, 0.15) is 32.8 Å². The van der Waals surface area contributed by atoms with Gasteiger partial charge in [0.15, 0.2) is 5.78 Å². The van der Waals surface area contributed by atoms with Crippen LogP contribution in [-0.4, -0.2) is 27.6 Å². The van der Waals surface area contributed by atoms with Gasteiger partial charge in [0.05, 0.1) is 0 Å². The molecular formula is C22H23FO4. The van der Waals surface area contributed by atoms with E-state index in [0.29, 0.717) is 16.7 Å². The molecule has 0 unspecified atom stereocenters. The first-order valence-electron chi connectivity index (χ1n) is 8.55. The van der Waals surface area contributed by atoms with Crippen LogP contribution in [0.25, 0.3) is 6.08 Å². The van der Waals surface area contributed by atoms with Gasteiger partial charge in [-0.1, -0.05) is 44.2 Å². The number of hydrogen-bond donors (Lipinski definition) is 2. The van der Waals surface area contributed by atoms with Gasteiger partial charge in [-0.2, -0.15) is 0 Å². The molecule has 1 aliphatic carbocycles. The summed E-state index contributed by atoms with van der Waals surface area (Å²) in [5.74, 6) is -1.57.